The lowest BCUT2D eigenvalue weighted by Crippen LogP contribution is -2.15. The van der Waals surface area contributed by atoms with Crippen molar-refractivity contribution in [1.82, 2.24) is 9.13 Å². The maximum atomic E-state index is 3.53. The molecule has 200 valence electrons. The van der Waals surface area contributed by atoms with Crippen molar-refractivity contribution in [1.29, 1.82) is 0 Å². The Morgan fingerprint density at radius 2 is 1.02 bits per heavy atom. The summed E-state index contributed by atoms with van der Waals surface area (Å²) in [6.07, 6.45) is 0. The third-order valence-corrected chi connectivity index (χ3v) is 8.85. The van der Waals surface area contributed by atoms with E-state index in [1.165, 1.54) is 77.5 Å². The van der Waals surface area contributed by atoms with Gasteiger partial charge < -0.3 is 19.4 Å². The van der Waals surface area contributed by atoms with Gasteiger partial charge >= 0.3 is 0 Å². The van der Waals surface area contributed by atoms with Gasteiger partial charge in [0.2, 0.25) is 0 Å². The fourth-order valence-electron chi connectivity index (χ4n) is 6.86. The molecule has 4 nitrogen and oxygen atoms in total. The van der Waals surface area contributed by atoms with E-state index in [0.717, 1.165) is 6.67 Å². The van der Waals surface area contributed by atoms with E-state index in [0.29, 0.717) is 0 Å². The molecule has 0 amide bonds. The summed E-state index contributed by atoms with van der Waals surface area (Å²) >= 11 is 0. The van der Waals surface area contributed by atoms with Gasteiger partial charge in [0.25, 0.3) is 0 Å². The van der Waals surface area contributed by atoms with Gasteiger partial charge in [-0.15, -0.1) is 0 Å². The van der Waals surface area contributed by atoms with Crippen LogP contribution in [0.15, 0.2) is 133 Å². The van der Waals surface area contributed by atoms with Gasteiger partial charge in [0, 0.05) is 40.0 Å². The summed E-state index contributed by atoms with van der Waals surface area (Å²) in [6.45, 7) is 0.837. The van der Waals surface area contributed by atoms with Gasteiger partial charge in [0.05, 0.1) is 40.1 Å². The maximum absolute atomic E-state index is 3.53. The number of nitrogens with one attached hydrogen (secondary N) is 1. The average molecular weight is 541 g/mol. The van der Waals surface area contributed by atoms with Gasteiger partial charge in [-0.3, -0.25) is 0 Å². The van der Waals surface area contributed by atoms with E-state index in [-0.39, 0.29) is 0 Å². The highest BCUT2D eigenvalue weighted by atomic mass is 15.3. The molecule has 0 spiro atoms. The minimum Gasteiger partial charge on any atom is -0.366 e. The molecule has 1 aliphatic heterocycles. The van der Waals surface area contributed by atoms with Crippen molar-refractivity contribution in [2.45, 2.75) is 0 Å². The predicted octanol–water partition coefficient (Wildman–Crippen LogP) is 9.37. The van der Waals surface area contributed by atoms with Gasteiger partial charge in [-0.2, -0.15) is 0 Å². The largest absolute Gasteiger partial charge is 0.366 e. The van der Waals surface area contributed by atoms with Crippen molar-refractivity contribution < 1.29 is 0 Å². The smallest absolute Gasteiger partial charge is 0.0874 e. The first-order valence-electron chi connectivity index (χ1n) is 14.5. The summed E-state index contributed by atoms with van der Waals surface area (Å²) in [7, 11) is 2.12. The minimum atomic E-state index is 0.837. The normalized spacial score (nSPS) is 12.9. The van der Waals surface area contributed by atoms with Crippen LogP contribution in [0.4, 0.5) is 11.4 Å². The number of anilines is 2. The molecule has 0 atom stereocenters. The summed E-state index contributed by atoms with van der Waals surface area (Å²) in [5.41, 5.74) is 12.1. The molecule has 6 aromatic carbocycles. The van der Waals surface area contributed by atoms with E-state index >= 15 is 0 Å². The van der Waals surface area contributed by atoms with Crippen molar-refractivity contribution in [3.63, 3.8) is 0 Å². The lowest BCUT2D eigenvalue weighted by Gasteiger charge is -2.12. The Bertz CT molecular complexity index is 2320. The van der Waals surface area contributed by atoms with Crippen LogP contribution in [0.3, 0.4) is 0 Å². The number of rotatable bonds is 3. The van der Waals surface area contributed by atoms with Crippen LogP contribution in [0.1, 0.15) is 0 Å². The van der Waals surface area contributed by atoms with Gasteiger partial charge in [0.1, 0.15) is 0 Å². The second-order valence-electron chi connectivity index (χ2n) is 11.2. The molecule has 2 aromatic heterocycles. The van der Waals surface area contributed by atoms with E-state index in [1.54, 1.807) is 0 Å². The van der Waals surface area contributed by atoms with Crippen LogP contribution in [-0.2, 0) is 0 Å². The Labute approximate surface area is 243 Å². The van der Waals surface area contributed by atoms with E-state index < -0.39 is 0 Å². The molecule has 42 heavy (non-hydrogen) atoms. The topological polar surface area (TPSA) is 25.1 Å². The highest BCUT2D eigenvalue weighted by Gasteiger charge is 2.19. The van der Waals surface area contributed by atoms with Gasteiger partial charge in [0.15, 0.2) is 0 Å². The Hall–Kier alpha value is -5.48. The first-order valence-corrected chi connectivity index (χ1v) is 14.5. The van der Waals surface area contributed by atoms with Gasteiger partial charge in [-0.1, -0.05) is 66.7 Å². The van der Waals surface area contributed by atoms with Crippen LogP contribution in [0.2, 0.25) is 0 Å². The van der Waals surface area contributed by atoms with Gasteiger partial charge in [-0.05, 0) is 77.9 Å². The van der Waals surface area contributed by atoms with Crippen LogP contribution in [0.5, 0.6) is 0 Å². The first kappa shape index (κ1) is 23.2. The molecule has 0 saturated carbocycles. The summed E-state index contributed by atoms with van der Waals surface area (Å²) in [5, 5.41) is 8.60. The molecule has 1 N–H and O–H groups in total. The number of benzene rings is 6. The lowest BCUT2D eigenvalue weighted by atomic mass is 10.0. The van der Waals surface area contributed by atoms with Crippen LogP contribution >= 0.6 is 0 Å². The highest BCUT2D eigenvalue weighted by Crippen LogP contribution is 2.39. The second kappa shape index (κ2) is 8.76. The van der Waals surface area contributed by atoms with E-state index in [1.807, 2.05) is 0 Å². The lowest BCUT2D eigenvalue weighted by molar-refractivity contribution is 1.03. The molecule has 0 saturated heterocycles. The molecule has 3 heterocycles. The van der Waals surface area contributed by atoms with Crippen molar-refractivity contribution in [2.75, 3.05) is 23.9 Å². The predicted molar refractivity (Wildman–Crippen MR) is 177 cm³/mol. The Kier molecular flexibility index (Phi) is 4.85. The van der Waals surface area contributed by atoms with Crippen LogP contribution in [-0.4, -0.2) is 22.9 Å². The SMILES string of the molecule is CN1CNc2cc(-n3c4ccccc4c4cc(-c5ccc6c(c5)c5ccccc5n6-c5ccccc5)ccc43)ccc21. The fraction of sp³-hybridized carbons (Fsp3) is 0.0526. The molecular weight excluding hydrogens is 512 g/mol. The quantitative estimate of drug-likeness (QED) is 0.241. The number of hydrogen-bond donors (Lipinski definition) is 1. The summed E-state index contributed by atoms with van der Waals surface area (Å²) in [4.78, 5) is 2.24. The van der Waals surface area contributed by atoms with Gasteiger partial charge in [-0.25, -0.2) is 0 Å². The first-order chi connectivity index (χ1) is 20.7. The number of nitrogens with zero attached hydrogens (tertiary/aromatic N) is 3. The third kappa shape index (κ3) is 3.29. The standard InChI is InChI=1S/C38H28N4/c1-40-24-39-33-23-28(17-20-38(33)40)42-35-14-8-6-12-30(35)32-22-26(16-19-37(32)42)25-15-18-36-31(21-25)29-11-5-7-13-34(29)41(36)27-9-3-2-4-10-27/h2-23,39H,24H2,1H3. The van der Waals surface area contributed by atoms with Crippen LogP contribution in [0, 0.1) is 0 Å². The number of aromatic nitrogens is 2. The Morgan fingerprint density at radius 1 is 0.476 bits per heavy atom. The molecular formula is C38H28N4. The molecule has 9 rings (SSSR count). The number of fused-ring (bicyclic) bond motifs is 7. The zero-order valence-corrected chi connectivity index (χ0v) is 23.3. The monoisotopic (exact) mass is 540 g/mol. The van der Waals surface area contributed by atoms with Crippen LogP contribution < -0.4 is 10.2 Å². The van der Waals surface area contributed by atoms with Crippen LogP contribution in [0.25, 0.3) is 66.1 Å². The molecule has 0 aliphatic carbocycles. The van der Waals surface area contributed by atoms with Crippen molar-refractivity contribution in [3.8, 4) is 22.5 Å². The van der Waals surface area contributed by atoms with Crippen molar-refractivity contribution in [2.24, 2.45) is 0 Å². The van der Waals surface area contributed by atoms with E-state index in [4.69, 9.17) is 0 Å². The summed E-state index contributed by atoms with van der Waals surface area (Å²) < 4.78 is 4.76. The molecule has 8 aromatic rings. The summed E-state index contributed by atoms with van der Waals surface area (Å²) in [6, 6.07) is 48.7. The Morgan fingerprint density at radius 3 is 1.67 bits per heavy atom. The number of hydrogen-bond acceptors (Lipinski definition) is 2. The van der Waals surface area contributed by atoms with Crippen molar-refractivity contribution >= 4 is 55.0 Å². The molecule has 0 bridgehead atoms. The van der Waals surface area contributed by atoms with E-state index in [2.05, 4.69) is 160 Å². The third-order valence-electron chi connectivity index (χ3n) is 8.85. The minimum absolute atomic E-state index is 0.837. The van der Waals surface area contributed by atoms with E-state index in [9.17, 15) is 0 Å². The van der Waals surface area contributed by atoms with Crippen molar-refractivity contribution in [3.05, 3.63) is 133 Å². The fourth-order valence-corrected chi connectivity index (χ4v) is 6.86. The second-order valence-corrected chi connectivity index (χ2v) is 11.2. The zero-order valence-electron chi connectivity index (χ0n) is 23.3. The molecule has 0 unspecified atom stereocenters. The zero-order chi connectivity index (χ0) is 27.8. The molecule has 0 radical (unpaired) electrons. The average Bonchev–Trinajstić information content (AvgIpc) is 3.70. The maximum Gasteiger partial charge on any atom is 0.0874 e. The summed E-state index contributed by atoms with van der Waals surface area (Å²) in [5.74, 6) is 0. The highest BCUT2D eigenvalue weighted by molar-refractivity contribution is 6.12. The molecule has 4 heteroatoms. The molecule has 0 fully saturated rings. The number of para-hydroxylation sites is 3. The molecule has 1 aliphatic rings. The Balaban J connectivity index is 1.24.